The van der Waals surface area contributed by atoms with Crippen molar-refractivity contribution >= 4 is 22.8 Å². The Bertz CT molecular complexity index is 243. The molecule has 5 nitrogen and oxygen atoms in total. The normalized spacial score (nSPS) is 27.4. The first-order valence-electron chi connectivity index (χ1n) is 2.62. The van der Waals surface area contributed by atoms with Gasteiger partial charge in [0.1, 0.15) is 0 Å². The second kappa shape index (κ2) is 2.43. The summed E-state index contributed by atoms with van der Waals surface area (Å²) in [6, 6.07) is 0. The third-order valence-corrected chi connectivity index (χ3v) is 1.51. The largest absolute Gasteiger partial charge is 0.479 e. The number of carbonyl (C=O) groups excluding carboxylic acids is 1. The van der Waals surface area contributed by atoms with Crippen molar-refractivity contribution in [3.05, 3.63) is 12.3 Å². The number of nitrogens with zero attached hydrogens (tertiary/aromatic N) is 2. The molecular weight excluding hydrogens is 172 g/mol. The Labute approximate surface area is 66.4 Å². The predicted octanol–water partition coefficient (Wildman–Crippen LogP) is 0.555. The van der Waals surface area contributed by atoms with Crippen molar-refractivity contribution in [1.82, 2.24) is 0 Å². The molecule has 0 bridgehead atoms. The van der Waals surface area contributed by atoms with Gasteiger partial charge in [-0.25, -0.2) is 4.79 Å². The Hall–Kier alpha value is -1.23. The lowest BCUT2D eigenvalue weighted by Gasteiger charge is -2.09. The lowest BCUT2D eigenvalue weighted by Crippen LogP contribution is -2.38. The summed E-state index contributed by atoms with van der Waals surface area (Å²) in [6.07, 6.45) is 2.15. The SMILES string of the molecule is O=C(O)C1(C(=O)Cl)C=CN=N1. The standard InChI is InChI=1S/C5H3ClN2O3/c6-3(9)5(4(10)11)1-2-7-8-5/h1-2H,(H,10,11). The van der Waals surface area contributed by atoms with Gasteiger partial charge in [-0.05, 0) is 17.7 Å². The molecule has 0 aromatic rings. The number of halogens is 1. The number of carboxylic acid groups (broad SMARTS) is 1. The second-order valence-corrected chi connectivity index (χ2v) is 2.22. The molecule has 1 heterocycles. The topological polar surface area (TPSA) is 79.1 Å². The first-order chi connectivity index (χ1) is 5.09. The smallest absolute Gasteiger partial charge is 0.346 e. The van der Waals surface area contributed by atoms with Gasteiger partial charge in [-0.15, -0.1) is 0 Å². The minimum Gasteiger partial charge on any atom is -0.479 e. The number of aliphatic carboxylic acids is 1. The number of rotatable bonds is 2. The van der Waals surface area contributed by atoms with E-state index < -0.39 is 16.8 Å². The summed E-state index contributed by atoms with van der Waals surface area (Å²) < 4.78 is 0. The molecule has 1 unspecified atom stereocenters. The van der Waals surface area contributed by atoms with Gasteiger partial charge in [0, 0.05) is 6.20 Å². The van der Waals surface area contributed by atoms with Crippen LogP contribution in [0.4, 0.5) is 0 Å². The van der Waals surface area contributed by atoms with Gasteiger partial charge in [-0.1, -0.05) is 0 Å². The van der Waals surface area contributed by atoms with E-state index >= 15 is 0 Å². The van der Waals surface area contributed by atoms with Crippen LogP contribution in [-0.4, -0.2) is 21.9 Å². The van der Waals surface area contributed by atoms with Crippen molar-refractivity contribution < 1.29 is 14.7 Å². The molecule has 0 radical (unpaired) electrons. The van der Waals surface area contributed by atoms with Gasteiger partial charge in [0.25, 0.3) is 10.8 Å². The highest BCUT2D eigenvalue weighted by atomic mass is 35.5. The first-order valence-corrected chi connectivity index (χ1v) is 3.00. The zero-order valence-electron chi connectivity index (χ0n) is 5.19. The van der Waals surface area contributed by atoms with Crippen LogP contribution in [0, 0.1) is 0 Å². The minimum absolute atomic E-state index is 1.03. The molecule has 0 saturated carbocycles. The fourth-order valence-electron chi connectivity index (χ4n) is 0.602. The summed E-state index contributed by atoms with van der Waals surface area (Å²) in [6.45, 7) is 0. The van der Waals surface area contributed by atoms with E-state index in [0.717, 1.165) is 12.3 Å². The zero-order valence-corrected chi connectivity index (χ0v) is 5.95. The fourth-order valence-corrected chi connectivity index (χ4v) is 0.784. The van der Waals surface area contributed by atoms with Crippen LogP contribution in [0.1, 0.15) is 0 Å². The molecule has 0 amide bonds. The third-order valence-electron chi connectivity index (χ3n) is 1.22. The van der Waals surface area contributed by atoms with Crippen LogP contribution in [-0.2, 0) is 9.59 Å². The quantitative estimate of drug-likeness (QED) is 0.491. The summed E-state index contributed by atoms with van der Waals surface area (Å²) in [5, 5.41) is 13.9. The van der Waals surface area contributed by atoms with Gasteiger partial charge in [0.15, 0.2) is 0 Å². The highest BCUT2D eigenvalue weighted by Gasteiger charge is 2.45. The molecular formula is C5H3ClN2O3. The first kappa shape index (κ1) is 7.87. The second-order valence-electron chi connectivity index (χ2n) is 1.88. The Morgan fingerprint density at radius 1 is 1.55 bits per heavy atom. The van der Waals surface area contributed by atoms with E-state index in [4.69, 9.17) is 16.7 Å². The minimum atomic E-state index is -1.98. The highest BCUT2D eigenvalue weighted by molar-refractivity contribution is 6.68. The van der Waals surface area contributed by atoms with Gasteiger partial charge in [-0.3, -0.25) is 4.79 Å². The summed E-state index contributed by atoms with van der Waals surface area (Å²) >= 11 is 5.01. The van der Waals surface area contributed by atoms with Crippen LogP contribution in [0.15, 0.2) is 22.5 Å². The number of azo groups is 1. The van der Waals surface area contributed by atoms with E-state index in [9.17, 15) is 9.59 Å². The lowest BCUT2D eigenvalue weighted by molar-refractivity contribution is -0.143. The van der Waals surface area contributed by atoms with Gasteiger partial charge in [0.2, 0.25) is 0 Å². The Balaban J connectivity index is 3.09. The van der Waals surface area contributed by atoms with Crippen LogP contribution in [0.3, 0.4) is 0 Å². The van der Waals surface area contributed by atoms with Gasteiger partial charge in [0.05, 0.1) is 0 Å². The maximum atomic E-state index is 10.6. The van der Waals surface area contributed by atoms with Crippen LogP contribution in [0.5, 0.6) is 0 Å². The molecule has 0 saturated heterocycles. The number of hydrogen-bond donors (Lipinski definition) is 1. The van der Waals surface area contributed by atoms with E-state index in [1.54, 1.807) is 0 Å². The molecule has 0 aliphatic carbocycles. The van der Waals surface area contributed by atoms with E-state index in [1.807, 2.05) is 0 Å². The molecule has 1 atom stereocenters. The van der Waals surface area contributed by atoms with Crippen LogP contribution >= 0.6 is 11.6 Å². The summed E-state index contributed by atoms with van der Waals surface area (Å²) in [5.74, 6) is -1.42. The maximum Gasteiger partial charge on any atom is 0.346 e. The summed E-state index contributed by atoms with van der Waals surface area (Å²) in [5.41, 5.74) is -1.98. The Morgan fingerprint density at radius 2 is 2.18 bits per heavy atom. The molecule has 0 spiro atoms. The highest BCUT2D eigenvalue weighted by Crippen LogP contribution is 2.22. The molecule has 1 N–H and O–H groups in total. The van der Waals surface area contributed by atoms with Crippen molar-refractivity contribution in [2.24, 2.45) is 10.2 Å². The number of hydrogen-bond acceptors (Lipinski definition) is 4. The monoisotopic (exact) mass is 174 g/mol. The maximum absolute atomic E-state index is 10.6. The Kier molecular flexibility index (Phi) is 1.74. The third kappa shape index (κ3) is 1.03. The molecule has 0 fully saturated rings. The van der Waals surface area contributed by atoms with Crippen molar-refractivity contribution in [2.75, 3.05) is 0 Å². The van der Waals surface area contributed by atoms with E-state index in [-0.39, 0.29) is 0 Å². The molecule has 1 aliphatic heterocycles. The summed E-state index contributed by atoms with van der Waals surface area (Å²) in [4.78, 5) is 21.0. The molecule has 0 aromatic heterocycles. The van der Waals surface area contributed by atoms with Crippen molar-refractivity contribution in [3.8, 4) is 0 Å². The summed E-state index contributed by atoms with van der Waals surface area (Å²) in [7, 11) is 0. The van der Waals surface area contributed by atoms with Crippen molar-refractivity contribution in [3.63, 3.8) is 0 Å². The molecule has 1 aliphatic rings. The zero-order chi connectivity index (χ0) is 8.48. The van der Waals surface area contributed by atoms with Gasteiger partial charge >= 0.3 is 5.97 Å². The van der Waals surface area contributed by atoms with Crippen molar-refractivity contribution in [1.29, 1.82) is 0 Å². The number of carbonyl (C=O) groups is 2. The average molecular weight is 175 g/mol. The Morgan fingerprint density at radius 3 is 2.36 bits per heavy atom. The molecule has 6 heteroatoms. The van der Waals surface area contributed by atoms with Crippen LogP contribution in [0.25, 0.3) is 0 Å². The van der Waals surface area contributed by atoms with E-state index in [1.165, 1.54) is 0 Å². The molecule has 11 heavy (non-hydrogen) atoms. The average Bonchev–Trinajstić information content (AvgIpc) is 2.34. The molecule has 0 aromatic carbocycles. The van der Waals surface area contributed by atoms with Gasteiger partial charge in [-0.2, -0.15) is 10.2 Å². The van der Waals surface area contributed by atoms with Gasteiger partial charge < -0.3 is 5.11 Å². The van der Waals surface area contributed by atoms with Crippen LogP contribution < -0.4 is 0 Å². The van der Waals surface area contributed by atoms with E-state index in [0.29, 0.717) is 0 Å². The van der Waals surface area contributed by atoms with E-state index in [2.05, 4.69) is 10.2 Å². The van der Waals surface area contributed by atoms with Crippen LogP contribution in [0.2, 0.25) is 0 Å². The van der Waals surface area contributed by atoms with Crippen molar-refractivity contribution in [2.45, 2.75) is 5.54 Å². The predicted molar refractivity (Wildman–Crippen MR) is 35.2 cm³/mol. The molecule has 1 rings (SSSR count). The number of carboxylic acids is 1. The molecule has 58 valence electrons. The fraction of sp³-hybridized carbons (Fsp3) is 0.200. The lowest BCUT2D eigenvalue weighted by atomic mass is 10.0.